The van der Waals surface area contributed by atoms with Crippen LogP contribution in [0.4, 0.5) is 0 Å². The Kier molecular flexibility index (Phi) is 3.73. The number of rotatable bonds is 2. The summed E-state index contributed by atoms with van der Waals surface area (Å²) in [6.45, 7) is 1.38. The van der Waals surface area contributed by atoms with E-state index >= 15 is 0 Å². The fraction of sp³-hybridized carbons (Fsp3) is 0.304. The molecule has 1 saturated heterocycles. The minimum absolute atomic E-state index is 0.444. The van der Waals surface area contributed by atoms with E-state index in [0.717, 1.165) is 30.6 Å². The molecule has 0 atom stereocenters. The maximum absolute atomic E-state index is 6.02. The van der Waals surface area contributed by atoms with Gasteiger partial charge in [-0.3, -0.25) is 0 Å². The van der Waals surface area contributed by atoms with Crippen molar-refractivity contribution in [2.75, 3.05) is 20.3 Å². The van der Waals surface area contributed by atoms with Crippen molar-refractivity contribution in [3.63, 3.8) is 0 Å². The maximum Gasteiger partial charge on any atom is 0.172 e. The van der Waals surface area contributed by atoms with Crippen molar-refractivity contribution < 1.29 is 14.2 Å². The Morgan fingerprint density at radius 3 is 2.62 bits per heavy atom. The number of benzene rings is 3. The molecule has 26 heavy (non-hydrogen) atoms. The molecule has 1 aliphatic carbocycles. The quantitative estimate of drug-likeness (QED) is 0.670. The molecule has 132 valence electrons. The lowest BCUT2D eigenvalue weighted by molar-refractivity contribution is -0.163. The average Bonchev–Trinajstić information content (AvgIpc) is 3.14. The predicted octanol–water partition coefficient (Wildman–Crippen LogP) is 4.75. The molecular formula is C23H22O3. The van der Waals surface area contributed by atoms with Gasteiger partial charge in [0, 0.05) is 18.4 Å². The Morgan fingerprint density at radius 1 is 0.923 bits per heavy atom. The van der Waals surface area contributed by atoms with Gasteiger partial charge in [0.25, 0.3) is 0 Å². The molecule has 3 aromatic carbocycles. The highest BCUT2D eigenvalue weighted by atomic mass is 16.7. The molecular weight excluding hydrogens is 324 g/mol. The lowest BCUT2D eigenvalue weighted by Gasteiger charge is -2.34. The van der Waals surface area contributed by atoms with Crippen LogP contribution >= 0.6 is 0 Å². The highest BCUT2D eigenvalue weighted by Gasteiger charge is 2.40. The summed E-state index contributed by atoms with van der Waals surface area (Å²) >= 11 is 0. The van der Waals surface area contributed by atoms with Crippen LogP contribution in [0.1, 0.15) is 17.5 Å². The standard InChI is InChI=1S/C23H22O3/c1-24-21-10-9-16-5-2-3-7-18(16)22(21)19-8-4-6-17-11-12-23(15-20(17)19)25-13-14-26-23/h2-10H,11-15H2,1H3. The highest BCUT2D eigenvalue weighted by molar-refractivity contribution is 6.00. The summed E-state index contributed by atoms with van der Waals surface area (Å²) in [5, 5.41) is 2.44. The predicted molar refractivity (Wildman–Crippen MR) is 103 cm³/mol. The Balaban J connectivity index is 1.74. The summed E-state index contributed by atoms with van der Waals surface area (Å²) in [6, 6.07) is 19.3. The smallest absolute Gasteiger partial charge is 0.172 e. The number of hydrogen-bond donors (Lipinski definition) is 0. The van der Waals surface area contributed by atoms with Gasteiger partial charge in [-0.2, -0.15) is 0 Å². The highest BCUT2D eigenvalue weighted by Crippen LogP contribution is 2.44. The number of hydrogen-bond acceptors (Lipinski definition) is 3. The van der Waals surface area contributed by atoms with Gasteiger partial charge in [0.05, 0.1) is 20.3 Å². The lowest BCUT2D eigenvalue weighted by Crippen LogP contribution is -2.37. The second kappa shape index (κ2) is 6.11. The molecule has 0 N–H and O–H groups in total. The third kappa shape index (κ3) is 2.43. The molecule has 3 aromatic rings. The fourth-order valence-corrected chi connectivity index (χ4v) is 4.44. The first-order valence-electron chi connectivity index (χ1n) is 9.24. The summed E-state index contributed by atoms with van der Waals surface area (Å²) in [4.78, 5) is 0. The van der Waals surface area contributed by atoms with Crippen molar-refractivity contribution in [1.29, 1.82) is 0 Å². The van der Waals surface area contributed by atoms with Gasteiger partial charge in [0.2, 0.25) is 0 Å². The van der Waals surface area contributed by atoms with E-state index in [1.807, 2.05) is 0 Å². The number of aryl methyl sites for hydroxylation is 1. The largest absolute Gasteiger partial charge is 0.496 e. The van der Waals surface area contributed by atoms with Crippen LogP contribution in [0.15, 0.2) is 54.6 Å². The molecule has 3 nitrogen and oxygen atoms in total. The van der Waals surface area contributed by atoms with E-state index in [2.05, 4.69) is 54.6 Å². The van der Waals surface area contributed by atoms with Crippen LogP contribution in [-0.2, 0) is 22.3 Å². The van der Waals surface area contributed by atoms with Crippen LogP contribution in [0.2, 0.25) is 0 Å². The van der Waals surface area contributed by atoms with Crippen molar-refractivity contribution in [3.8, 4) is 16.9 Å². The van der Waals surface area contributed by atoms with E-state index < -0.39 is 5.79 Å². The zero-order valence-electron chi connectivity index (χ0n) is 15.0. The molecule has 1 spiro atoms. The molecule has 2 aliphatic rings. The van der Waals surface area contributed by atoms with Crippen molar-refractivity contribution in [1.82, 2.24) is 0 Å². The molecule has 5 rings (SSSR count). The van der Waals surface area contributed by atoms with Gasteiger partial charge >= 0.3 is 0 Å². The Bertz CT molecular complexity index is 970. The first-order valence-corrected chi connectivity index (χ1v) is 9.24. The van der Waals surface area contributed by atoms with E-state index in [1.54, 1.807) is 7.11 Å². The molecule has 0 saturated carbocycles. The van der Waals surface area contributed by atoms with Crippen LogP contribution in [-0.4, -0.2) is 26.1 Å². The first-order chi connectivity index (χ1) is 12.8. The van der Waals surface area contributed by atoms with Crippen molar-refractivity contribution in [2.24, 2.45) is 0 Å². The summed E-state index contributed by atoms with van der Waals surface area (Å²) in [5.74, 6) is 0.464. The summed E-state index contributed by atoms with van der Waals surface area (Å²) < 4.78 is 17.8. The Labute approximate surface area is 153 Å². The Hall–Kier alpha value is -2.36. The van der Waals surface area contributed by atoms with E-state index in [1.165, 1.54) is 27.5 Å². The average molecular weight is 346 g/mol. The molecule has 1 heterocycles. The third-order valence-corrected chi connectivity index (χ3v) is 5.69. The van der Waals surface area contributed by atoms with E-state index in [4.69, 9.17) is 14.2 Å². The van der Waals surface area contributed by atoms with Gasteiger partial charge in [-0.05, 0) is 39.9 Å². The number of ether oxygens (including phenoxy) is 3. The van der Waals surface area contributed by atoms with Gasteiger partial charge in [0.1, 0.15) is 5.75 Å². The second-order valence-electron chi connectivity index (χ2n) is 7.09. The first kappa shape index (κ1) is 15.9. The molecule has 0 aromatic heterocycles. The number of fused-ring (bicyclic) bond motifs is 2. The molecule has 0 bridgehead atoms. The van der Waals surface area contributed by atoms with Crippen LogP contribution < -0.4 is 4.74 Å². The summed E-state index contributed by atoms with van der Waals surface area (Å²) in [5.41, 5.74) is 5.12. The molecule has 0 unspecified atom stereocenters. The summed E-state index contributed by atoms with van der Waals surface area (Å²) in [7, 11) is 1.74. The molecule has 0 amide bonds. The molecule has 1 fully saturated rings. The van der Waals surface area contributed by atoms with Crippen molar-refractivity contribution in [3.05, 3.63) is 65.7 Å². The van der Waals surface area contributed by atoms with Gasteiger partial charge in [0.15, 0.2) is 5.79 Å². The third-order valence-electron chi connectivity index (χ3n) is 5.69. The topological polar surface area (TPSA) is 27.7 Å². The second-order valence-corrected chi connectivity index (χ2v) is 7.09. The summed E-state index contributed by atoms with van der Waals surface area (Å²) in [6.07, 6.45) is 2.71. The van der Waals surface area contributed by atoms with Gasteiger partial charge in [-0.1, -0.05) is 48.5 Å². The van der Waals surface area contributed by atoms with Crippen LogP contribution in [0.3, 0.4) is 0 Å². The molecule has 1 aliphatic heterocycles. The zero-order chi connectivity index (χ0) is 17.6. The molecule has 0 radical (unpaired) electrons. The van der Waals surface area contributed by atoms with E-state index in [9.17, 15) is 0 Å². The van der Waals surface area contributed by atoms with Crippen LogP contribution in [0.25, 0.3) is 21.9 Å². The number of methoxy groups -OCH3 is 1. The SMILES string of the molecule is COc1ccc2ccccc2c1-c1cccc2c1CC1(CC2)OCCO1. The van der Waals surface area contributed by atoms with Gasteiger partial charge < -0.3 is 14.2 Å². The van der Waals surface area contributed by atoms with Gasteiger partial charge in [-0.15, -0.1) is 0 Å². The van der Waals surface area contributed by atoms with Crippen LogP contribution in [0.5, 0.6) is 5.75 Å². The van der Waals surface area contributed by atoms with E-state index in [-0.39, 0.29) is 0 Å². The van der Waals surface area contributed by atoms with Crippen molar-refractivity contribution >= 4 is 10.8 Å². The zero-order valence-corrected chi connectivity index (χ0v) is 15.0. The fourth-order valence-electron chi connectivity index (χ4n) is 4.44. The molecule has 3 heteroatoms. The lowest BCUT2D eigenvalue weighted by atomic mass is 9.81. The van der Waals surface area contributed by atoms with E-state index in [0.29, 0.717) is 13.2 Å². The monoisotopic (exact) mass is 346 g/mol. The van der Waals surface area contributed by atoms with Gasteiger partial charge in [-0.25, -0.2) is 0 Å². The minimum atomic E-state index is -0.444. The minimum Gasteiger partial charge on any atom is -0.496 e. The maximum atomic E-state index is 6.02. The Morgan fingerprint density at radius 2 is 1.77 bits per heavy atom. The normalized spacial score (nSPS) is 18.2. The van der Waals surface area contributed by atoms with Crippen LogP contribution in [0, 0.1) is 0 Å². The van der Waals surface area contributed by atoms with Crippen molar-refractivity contribution in [2.45, 2.75) is 25.0 Å².